The highest BCUT2D eigenvalue weighted by atomic mass is 16.5. The summed E-state index contributed by atoms with van der Waals surface area (Å²) in [5.74, 6) is -4.33. The number of ether oxygens (including phenoxy) is 1. The Bertz CT molecular complexity index is 751. The van der Waals surface area contributed by atoms with Crippen molar-refractivity contribution in [3.63, 3.8) is 0 Å². The van der Waals surface area contributed by atoms with Crippen molar-refractivity contribution in [3.8, 4) is 6.07 Å². The smallest absolute Gasteiger partial charge is 0.326 e. The quantitative estimate of drug-likeness (QED) is 0.361. The van der Waals surface area contributed by atoms with E-state index in [-0.39, 0.29) is 11.1 Å². The molecule has 1 aromatic carbocycles. The fourth-order valence-corrected chi connectivity index (χ4v) is 2.68. The van der Waals surface area contributed by atoms with Gasteiger partial charge < -0.3 is 9.84 Å². The van der Waals surface area contributed by atoms with Crippen LogP contribution in [-0.4, -0.2) is 47.4 Å². The number of carbonyl (C=O) groups excluding carboxylic acids is 3. The zero-order valence-electron chi connectivity index (χ0n) is 12.1. The molecular formula is C15H12N2O6. The molecule has 0 spiro atoms. The molecule has 8 heteroatoms. The lowest BCUT2D eigenvalue weighted by Crippen LogP contribution is -2.59. The Hall–Kier alpha value is -3.21. The molecule has 8 nitrogen and oxygen atoms in total. The first-order valence-corrected chi connectivity index (χ1v) is 6.53. The Morgan fingerprint density at radius 3 is 2.57 bits per heavy atom. The summed E-state index contributed by atoms with van der Waals surface area (Å²) < 4.78 is 4.64. The Labute approximate surface area is 130 Å². The minimum Gasteiger partial charge on any atom is -0.481 e. The molecule has 0 saturated heterocycles. The average Bonchev–Trinajstić information content (AvgIpc) is 2.54. The molecule has 1 aliphatic rings. The molecule has 0 fully saturated rings. The molecule has 0 bridgehead atoms. The summed E-state index contributed by atoms with van der Waals surface area (Å²) in [7, 11) is 1.02. The Morgan fingerprint density at radius 2 is 2.00 bits per heavy atom. The minimum atomic E-state index is -2.19. The monoisotopic (exact) mass is 316 g/mol. The van der Waals surface area contributed by atoms with Crippen molar-refractivity contribution in [3.05, 3.63) is 35.4 Å². The molecule has 0 aliphatic carbocycles. The van der Waals surface area contributed by atoms with E-state index in [4.69, 9.17) is 5.26 Å². The summed E-state index contributed by atoms with van der Waals surface area (Å²) in [5, 5.41) is 18.0. The van der Waals surface area contributed by atoms with Crippen LogP contribution in [0.25, 0.3) is 0 Å². The van der Waals surface area contributed by atoms with Gasteiger partial charge in [0, 0.05) is 5.56 Å². The molecule has 1 heterocycles. The predicted molar refractivity (Wildman–Crippen MR) is 74.0 cm³/mol. The van der Waals surface area contributed by atoms with E-state index in [0.717, 1.165) is 7.11 Å². The van der Waals surface area contributed by atoms with Crippen LogP contribution in [0.3, 0.4) is 0 Å². The van der Waals surface area contributed by atoms with Gasteiger partial charge in [-0.25, -0.2) is 0 Å². The van der Waals surface area contributed by atoms with Gasteiger partial charge in [-0.2, -0.15) is 5.26 Å². The number of nitriles is 1. The summed E-state index contributed by atoms with van der Waals surface area (Å²) in [4.78, 5) is 49.3. The lowest BCUT2D eigenvalue weighted by molar-refractivity contribution is -0.160. The number of amides is 2. The number of aliphatic carboxylic acids is 1. The van der Waals surface area contributed by atoms with Crippen molar-refractivity contribution in [1.82, 2.24) is 4.90 Å². The lowest BCUT2D eigenvalue weighted by Gasteiger charge is -2.38. The van der Waals surface area contributed by atoms with E-state index in [1.165, 1.54) is 24.3 Å². The third kappa shape index (κ3) is 2.32. The van der Waals surface area contributed by atoms with E-state index in [0.29, 0.717) is 4.90 Å². The van der Waals surface area contributed by atoms with Crippen molar-refractivity contribution in [2.45, 2.75) is 11.8 Å². The first-order valence-electron chi connectivity index (χ1n) is 6.53. The van der Waals surface area contributed by atoms with Gasteiger partial charge in [0.25, 0.3) is 11.8 Å². The fraction of sp³-hybridized carbons (Fsp3) is 0.267. The summed E-state index contributed by atoms with van der Waals surface area (Å²) in [6.07, 6.45) is -0.884. The number of methoxy groups -OCH3 is 1. The highest BCUT2D eigenvalue weighted by Gasteiger charge is 2.58. The van der Waals surface area contributed by atoms with Crippen molar-refractivity contribution in [1.29, 1.82) is 5.26 Å². The fourth-order valence-electron chi connectivity index (χ4n) is 2.68. The van der Waals surface area contributed by atoms with Gasteiger partial charge in [0.1, 0.15) is 6.54 Å². The van der Waals surface area contributed by atoms with Gasteiger partial charge in [-0.1, -0.05) is 18.2 Å². The molecular weight excluding hydrogens is 304 g/mol. The molecule has 118 valence electrons. The van der Waals surface area contributed by atoms with Crippen molar-refractivity contribution < 1.29 is 29.0 Å². The number of nitrogens with zero attached hydrogens (tertiary/aromatic N) is 2. The predicted octanol–water partition coefficient (Wildman–Crippen LogP) is 0.0781. The first-order chi connectivity index (χ1) is 10.9. The van der Waals surface area contributed by atoms with Gasteiger partial charge in [-0.05, 0) is 11.6 Å². The van der Waals surface area contributed by atoms with Crippen molar-refractivity contribution >= 4 is 23.8 Å². The van der Waals surface area contributed by atoms with Crippen molar-refractivity contribution in [2.75, 3.05) is 13.7 Å². The van der Waals surface area contributed by atoms with Crippen molar-refractivity contribution in [2.24, 2.45) is 0 Å². The van der Waals surface area contributed by atoms with E-state index in [1.807, 2.05) is 0 Å². The molecule has 1 aromatic rings. The number of hydrogen-bond acceptors (Lipinski definition) is 6. The molecule has 0 radical (unpaired) electrons. The second-order valence-electron chi connectivity index (χ2n) is 4.87. The van der Waals surface area contributed by atoms with Gasteiger partial charge in [0.2, 0.25) is 0 Å². The normalized spacial score (nSPS) is 19.7. The van der Waals surface area contributed by atoms with Crippen LogP contribution < -0.4 is 0 Å². The number of esters is 1. The number of carboxylic acid groups (broad SMARTS) is 1. The molecule has 23 heavy (non-hydrogen) atoms. The van der Waals surface area contributed by atoms with Crippen LogP contribution in [0.15, 0.2) is 24.3 Å². The van der Waals surface area contributed by atoms with Crippen LogP contribution in [0.5, 0.6) is 0 Å². The topological polar surface area (TPSA) is 125 Å². The van der Waals surface area contributed by atoms with Gasteiger partial charge in [-0.3, -0.25) is 24.1 Å². The zero-order chi connectivity index (χ0) is 17.2. The standard InChI is InChI=1S/C15H12N2O6/c1-23-14(22)15(8-11(18)19)10-5-3-2-4-9(10)12(20)17(7-6-16)13(15)21/h2-5H,7-8H2,1H3,(H,18,19). The van der Waals surface area contributed by atoms with Crippen LogP contribution in [0.1, 0.15) is 22.3 Å². The molecule has 0 saturated carbocycles. The maximum Gasteiger partial charge on any atom is 0.326 e. The van der Waals surface area contributed by atoms with Crippen LogP contribution in [-0.2, 0) is 24.5 Å². The van der Waals surface area contributed by atoms with Gasteiger partial charge in [-0.15, -0.1) is 0 Å². The summed E-state index contributed by atoms with van der Waals surface area (Å²) in [6, 6.07) is 7.37. The van der Waals surface area contributed by atoms with Crippen LogP contribution in [0.2, 0.25) is 0 Å². The number of carboxylic acids is 1. The van der Waals surface area contributed by atoms with E-state index in [2.05, 4.69) is 4.74 Å². The molecule has 0 aromatic heterocycles. The third-order valence-electron chi connectivity index (χ3n) is 3.65. The van der Waals surface area contributed by atoms with Crippen LogP contribution >= 0.6 is 0 Å². The highest BCUT2D eigenvalue weighted by molar-refractivity contribution is 6.22. The number of rotatable bonds is 4. The van der Waals surface area contributed by atoms with Crippen LogP contribution in [0, 0.1) is 11.3 Å². The number of hydrogen-bond donors (Lipinski definition) is 1. The summed E-state index contributed by atoms with van der Waals surface area (Å²) in [6.45, 7) is -0.593. The third-order valence-corrected chi connectivity index (χ3v) is 3.65. The Morgan fingerprint density at radius 1 is 1.35 bits per heavy atom. The second-order valence-corrected chi connectivity index (χ2v) is 4.87. The zero-order valence-corrected chi connectivity index (χ0v) is 12.1. The first kappa shape index (κ1) is 16.2. The molecule has 1 aliphatic heterocycles. The molecule has 2 rings (SSSR count). The number of carbonyl (C=O) groups is 4. The van der Waals surface area contributed by atoms with Crippen LogP contribution in [0.4, 0.5) is 0 Å². The Kier molecular flexibility index (Phi) is 4.14. The Balaban J connectivity index is 2.81. The van der Waals surface area contributed by atoms with Gasteiger partial charge in [0.05, 0.1) is 19.6 Å². The number of benzene rings is 1. The highest BCUT2D eigenvalue weighted by Crippen LogP contribution is 2.38. The largest absolute Gasteiger partial charge is 0.481 e. The van der Waals surface area contributed by atoms with Gasteiger partial charge in [0.15, 0.2) is 5.41 Å². The second kappa shape index (κ2) is 5.88. The summed E-state index contributed by atoms with van der Waals surface area (Å²) in [5.41, 5.74) is -2.23. The van der Waals surface area contributed by atoms with E-state index < -0.39 is 42.1 Å². The summed E-state index contributed by atoms with van der Waals surface area (Å²) >= 11 is 0. The average molecular weight is 316 g/mol. The van der Waals surface area contributed by atoms with Gasteiger partial charge >= 0.3 is 11.9 Å². The van der Waals surface area contributed by atoms with E-state index >= 15 is 0 Å². The molecule has 1 N–H and O–H groups in total. The number of fused-ring (bicyclic) bond motifs is 1. The SMILES string of the molecule is COC(=O)C1(CC(=O)O)C(=O)N(CC#N)C(=O)c2ccccc21. The maximum atomic E-state index is 12.7. The molecule has 1 unspecified atom stereocenters. The minimum absolute atomic E-state index is 0.00556. The maximum absolute atomic E-state index is 12.7. The molecule has 2 amide bonds. The number of imide groups is 1. The van der Waals surface area contributed by atoms with E-state index in [1.54, 1.807) is 6.07 Å². The lowest BCUT2D eigenvalue weighted by atomic mass is 9.71. The molecule has 1 atom stereocenters. The van der Waals surface area contributed by atoms with E-state index in [9.17, 15) is 24.3 Å².